The predicted octanol–water partition coefficient (Wildman–Crippen LogP) is 1.38. The van der Waals surface area contributed by atoms with Crippen molar-refractivity contribution in [2.75, 3.05) is 6.61 Å². The lowest BCUT2D eigenvalue weighted by Gasteiger charge is -2.08. The van der Waals surface area contributed by atoms with Gasteiger partial charge in [0.05, 0.1) is 12.6 Å². The monoisotopic (exact) mass is 206 g/mol. The van der Waals surface area contributed by atoms with E-state index >= 15 is 0 Å². The molecule has 0 aliphatic carbocycles. The molecule has 0 saturated carbocycles. The second kappa shape index (κ2) is 4.05. The Morgan fingerprint density at radius 2 is 1.92 bits per heavy atom. The summed E-state index contributed by atoms with van der Waals surface area (Å²) in [5.74, 6) is 0. The summed E-state index contributed by atoms with van der Waals surface area (Å²) in [5, 5.41) is 9.30. The standard InChI is InChI=1S/C7H8Cl2N2O/c8-6-1-4(5(10)3-12)2-7(9)11-6/h1-2,5,12H,3,10H2/t5-/m1/s1. The van der Waals surface area contributed by atoms with Gasteiger partial charge in [0.2, 0.25) is 0 Å². The van der Waals surface area contributed by atoms with Crippen molar-refractivity contribution in [1.82, 2.24) is 4.98 Å². The molecule has 0 spiro atoms. The third kappa shape index (κ3) is 2.32. The van der Waals surface area contributed by atoms with E-state index in [1.807, 2.05) is 0 Å². The van der Waals surface area contributed by atoms with Crippen LogP contribution in [0, 0.1) is 0 Å². The van der Waals surface area contributed by atoms with Crippen molar-refractivity contribution < 1.29 is 5.11 Å². The minimum absolute atomic E-state index is 0.142. The third-order valence-electron chi connectivity index (χ3n) is 1.41. The van der Waals surface area contributed by atoms with Gasteiger partial charge in [0.15, 0.2) is 0 Å². The molecule has 3 nitrogen and oxygen atoms in total. The molecule has 5 heteroatoms. The molecular weight excluding hydrogens is 199 g/mol. The second-order valence-corrected chi connectivity index (χ2v) is 3.11. The summed E-state index contributed by atoms with van der Waals surface area (Å²) in [6, 6.07) is 2.70. The topological polar surface area (TPSA) is 59.1 Å². The third-order valence-corrected chi connectivity index (χ3v) is 1.80. The SMILES string of the molecule is N[C@H](CO)c1cc(Cl)nc(Cl)c1. The fourth-order valence-electron chi connectivity index (χ4n) is 0.803. The van der Waals surface area contributed by atoms with E-state index in [1.54, 1.807) is 12.1 Å². The van der Waals surface area contributed by atoms with E-state index in [0.29, 0.717) is 5.56 Å². The van der Waals surface area contributed by atoms with Crippen LogP contribution < -0.4 is 5.73 Å². The van der Waals surface area contributed by atoms with Crippen LogP contribution in [-0.4, -0.2) is 16.7 Å². The maximum atomic E-state index is 8.74. The molecule has 1 aromatic heterocycles. The number of hydrogen-bond acceptors (Lipinski definition) is 3. The Kier molecular flexibility index (Phi) is 3.29. The Morgan fingerprint density at radius 3 is 2.33 bits per heavy atom. The summed E-state index contributed by atoms with van der Waals surface area (Å²) in [5.41, 5.74) is 6.22. The van der Waals surface area contributed by atoms with Crippen LogP contribution in [0.1, 0.15) is 11.6 Å². The number of aliphatic hydroxyl groups is 1. The van der Waals surface area contributed by atoms with Crippen LogP contribution in [0.15, 0.2) is 12.1 Å². The molecule has 0 bridgehead atoms. The highest BCUT2D eigenvalue weighted by Crippen LogP contribution is 2.18. The van der Waals surface area contributed by atoms with E-state index in [9.17, 15) is 0 Å². The fourth-order valence-corrected chi connectivity index (χ4v) is 1.28. The molecule has 0 amide bonds. The largest absolute Gasteiger partial charge is 0.394 e. The molecule has 0 fully saturated rings. The predicted molar refractivity (Wildman–Crippen MR) is 48.3 cm³/mol. The number of rotatable bonds is 2. The molecule has 12 heavy (non-hydrogen) atoms. The Labute approximate surface area is 80.1 Å². The smallest absolute Gasteiger partial charge is 0.131 e. The lowest BCUT2D eigenvalue weighted by molar-refractivity contribution is 0.268. The van der Waals surface area contributed by atoms with Crippen LogP contribution in [0.4, 0.5) is 0 Å². The van der Waals surface area contributed by atoms with Crippen LogP contribution in [0.2, 0.25) is 10.3 Å². The van der Waals surface area contributed by atoms with Crippen LogP contribution in [0.3, 0.4) is 0 Å². The summed E-state index contributed by atoms with van der Waals surface area (Å²) >= 11 is 11.2. The Bertz CT molecular complexity index is 260. The maximum Gasteiger partial charge on any atom is 0.131 e. The Morgan fingerprint density at radius 1 is 1.42 bits per heavy atom. The van der Waals surface area contributed by atoms with Crippen LogP contribution in [0.5, 0.6) is 0 Å². The molecule has 1 heterocycles. The zero-order valence-corrected chi connectivity index (χ0v) is 7.68. The van der Waals surface area contributed by atoms with E-state index in [-0.39, 0.29) is 16.9 Å². The zero-order chi connectivity index (χ0) is 9.14. The molecule has 1 rings (SSSR count). The van der Waals surface area contributed by atoms with Crippen molar-refractivity contribution in [3.8, 4) is 0 Å². The minimum atomic E-state index is -0.456. The van der Waals surface area contributed by atoms with E-state index < -0.39 is 6.04 Å². The average molecular weight is 207 g/mol. The molecule has 0 saturated heterocycles. The van der Waals surface area contributed by atoms with Gasteiger partial charge in [-0.25, -0.2) is 4.98 Å². The summed E-state index contributed by atoms with van der Waals surface area (Å²) in [4.78, 5) is 3.74. The van der Waals surface area contributed by atoms with E-state index in [1.165, 1.54) is 0 Å². The summed E-state index contributed by atoms with van der Waals surface area (Å²) in [7, 11) is 0. The number of aromatic nitrogens is 1. The van der Waals surface area contributed by atoms with Gasteiger partial charge in [0, 0.05) is 0 Å². The summed E-state index contributed by atoms with van der Waals surface area (Å²) < 4.78 is 0. The van der Waals surface area contributed by atoms with Gasteiger partial charge in [-0.1, -0.05) is 23.2 Å². The number of nitrogens with zero attached hydrogens (tertiary/aromatic N) is 1. The van der Waals surface area contributed by atoms with Crippen molar-refractivity contribution in [2.45, 2.75) is 6.04 Å². The molecule has 0 aliphatic heterocycles. The molecule has 1 aromatic rings. The highest BCUT2D eigenvalue weighted by atomic mass is 35.5. The molecule has 1 atom stereocenters. The van der Waals surface area contributed by atoms with Gasteiger partial charge in [0.1, 0.15) is 10.3 Å². The van der Waals surface area contributed by atoms with Gasteiger partial charge in [-0.05, 0) is 17.7 Å². The zero-order valence-electron chi connectivity index (χ0n) is 6.17. The molecule has 3 N–H and O–H groups in total. The molecular formula is C7H8Cl2N2O. The normalized spacial score (nSPS) is 13.0. The first-order valence-corrected chi connectivity index (χ1v) is 4.08. The number of hydrogen-bond donors (Lipinski definition) is 2. The fraction of sp³-hybridized carbons (Fsp3) is 0.286. The summed E-state index contributed by atoms with van der Waals surface area (Å²) in [6.45, 7) is -0.142. The van der Waals surface area contributed by atoms with Crippen molar-refractivity contribution in [1.29, 1.82) is 0 Å². The minimum Gasteiger partial charge on any atom is -0.394 e. The summed E-state index contributed by atoms with van der Waals surface area (Å²) in [6.07, 6.45) is 0. The highest BCUT2D eigenvalue weighted by Gasteiger charge is 2.06. The molecule has 0 radical (unpaired) electrons. The first-order chi connectivity index (χ1) is 5.63. The first-order valence-electron chi connectivity index (χ1n) is 3.33. The van der Waals surface area contributed by atoms with E-state index in [0.717, 1.165) is 0 Å². The van der Waals surface area contributed by atoms with Crippen LogP contribution in [0.25, 0.3) is 0 Å². The van der Waals surface area contributed by atoms with Gasteiger partial charge in [-0.15, -0.1) is 0 Å². The molecule has 66 valence electrons. The van der Waals surface area contributed by atoms with Crippen molar-refractivity contribution in [2.24, 2.45) is 5.73 Å². The quantitative estimate of drug-likeness (QED) is 0.720. The number of nitrogens with two attached hydrogens (primary N) is 1. The Balaban J connectivity index is 3.00. The number of halogens is 2. The molecule has 0 aromatic carbocycles. The van der Waals surface area contributed by atoms with Crippen LogP contribution >= 0.6 is 23.2 Å². The highest BCUT2D eigenvalue weighted by molar-refractivity contribution is 6.32. The van der Waals surface area contributed by atoms with Crippen molar-refractivity contribution >= 4 is 23.2 Å². The Hall–Kier alpha value is -0.350. The van der Waals surface area contributed by atoms with Gasteiger partial charge in [-0.2, -0.15) is 0 Å². The average Bonchev–Trinajstić information content (AvgIpc) is 2.01. The lowest BCUT2D eigenvalue weighted by atomic mass is 10.1. The molecule has 0 unspecified atom stereocenters. The lowest BCUT2D eigenvalue weighted by Crippen LogP contribution is -2.14. The van der Waals surface area contributed by atoms with Crippen LogP contribution in [-0.2, 0) is 0 Å². The van der Waals surface area contributed by atoms with Gasteiger partial charge in [0.25, 0.3) is 0 Å². The van der Waals surface area contributed by atoms with Gasteiger partial charge in [-0.3, -0.25) is 0 Å². The number of pyridine rings is 1. The van der Waals surface area contributed by atoms with Crippen molar-refractivity contribution in [3.63, 3.8) is 0 Å². The second-order valence-electron chi connectivity index (χ2n) is 2.33. The number of aliphatic hydroxyl groups excluding tert-OH is 1. The van der Waals surface area contributed by atoms with Crippen molar-refractivity contribution in [3.05, 3.63) is 28.0 Å². The molecule has 0 aliphatic rings. The van der Waals surface area contributed by atoms with Gasteiger partial charge < -0.3 is 10.8 Å². The maximum absolute atomic E-state index is 8.74. The first kappa shape index (κ1) is 9.74. The van der Waals surface area contributed by atoms with Gasteiger partial charge >= 0.3 is 0 Å². The van der Waals surface area contributed by atoms with E-state index in [2.05, 4.69) is 4.98 Å². The van der Waals surface area contributed by atoms with E-state index in [4.69, 9.17) is 34.0 Å².